The summed E-state index contributed by atoms with van der Waals surface area (Å²) in [6.07, 6.45) is 0.467. The quantitative estimate of drug-likeness (QED) is 0.457. The Morgan fingerprint density at radius 3 is 2.72 bits per heavy atom. The molecule has 1 aliphatic rings. The van der Waals surface area contributed by atoms with Crippen LogP contribution in [0.3, 0.4) is 0 Å². The molecule has 0 spiro atoms. The van der Waals surface area contributed by atoms with E-state index in [2.05, 4.69) is 26.1 Å². The van der Waals surface area contributed by atoms with Crippen LogP contribution in [0.15, 0.2) is 59.8 Å². The minimum atomic E-state index is -0.524. The number of imide groups is 1. The maximum absolute atomic E-state index is 12.4. The molecule has 3 N–H and O–H groups in total. The van der Waals surface area contributed by atoms with Gasteiger partial charge >= 0.3 is 6.03 Å². The average Bonchev–Trinajstić information content (AvgIpc) is 3.14. The van der Waals surface area contributed by atoms with E-state index in [0.29, 0.717) is 28.1 Å². The van der Waals surface area contributed by atoms with E-state index in [1.807, 2.05) is 34.9 Å². The van der Waals surface area contributed by atoms with Crippen LogP contribution in [0.2, 0.25) is 5.02 Å². The average molecular weight is 471 g/mol. The van der Waals surface area contributed by atoms with Crippen molar-refractivity contribution in [3.05, 3.63) is 65.4 Å². The van der Waals surface area contributed by atoms with Gasteiger partial charge in [0.1, 0.15) is 5.82 Å². The van der Waals surface area contributed by atoms with Crippen molar-refractivity contribution in [3.63, 3.8) is 0 Å². The molecule has 2 heterocycles. The first-order valence-corrected chi connectivity index (χ1v) is 11.1. The lowest BCUT2D eigenvalue weighted by molar-refractivity contribution is -0.121. The number of hydrogen-bond donors (Lipinski definition) is 3. The Bertz CT molecular complexity index is 1140. The number of carbonyl (C=O) groups excluding carboxylic acids is 3. The molecule has 1 aromatic heterocycles. The van der Waals surface area contributed by atoms with Gasteiger partial charge in [0, 0.05) is 35.3 Å². The summed E-state index contributed by atoms with van der Waals surface area (Å²) in [5.74, 6) is 0.142. The molecule has 0 radical (unpaired) electrons. The van der Waals surface area contributed by atoms with Gasteiger partial charge in [-0.1, -0.05) is 47.6 Å². The molecule has 1 atom stereocenters. The molecular weight excluding hydrogens is 452 g/mol. The normalized spacial score (nSPS) is 15.7. The van der Waals surface area contributed by atoms with Crippen LogP contribution in [0.1, 0.15) is 12.2 Å². The van der Waals surface area contributed by atoms with Gasteiger partial charge in [-0.25, -0.2) is 4.79 Å². The zero-order valence-corrected chi connectivity index (χ0v) is 18.3. The Labute approximate surface area is 192 Å². The van der Waals surface area contributed by atoms with Crippen LogP contribution in [0.4, 0.5) is 10.5 Å². The number of benzene rings is 2. The second kappa shape index (κ2) is 9.84. The predicted octanol–water partition coefficient (Wildman–Crippen LogP) is 2.79. The van der Waals surface area contributed by atoms with Crippen molar-refractivity contribution in [2.75, 3.05) is 11.1 Å². The molecule has 11 heteroatoms. The molecule has 1 fully saturated rings. The number of anilines is 1. The Kier molecular flexibility index (Phi) is 6.72. The van der Waals surface area contributed by atoms with Crippen LogP contribution in [0.25, 0.3) is 5.69 Å². The minimum absolute atomic E-state index is 0.111. The number of urea groups is 1. The summed E-state index contributed by atoms with van der Waals surface area (Å²) >= 11 is 7.20. The van der Waals surface area contributed by atoms with Crippen molar-refractivity contribution < 1.29 is 14.4 Å². The van der Waals surface area contributed by atoms with Crippen LogP contribution in [-0.2, 0) is 16.0 Å². The monoisotopic (exact) mass is 470 g/mol. The molecule has 1 unspecified atom stereocenters. The summed E-state index contributed by atoms with van der Waals surface area (Å²) in [6.45, 7) is 0. The van der Waals surface area contributed by atoms with Gasteiger partial charge in [0.05, 0.1) is 5.75 Å². The summed E-state index contributed by atoms with van der Waals surface area (Å²) in [5.41, 5.74) is 1.43. The highest BCUT2D eigenvalue weighted by molar-refractivity contribution is 7.99. The lowest BCUT2D eigenvalue weighted by Gasteiger charge is -2.23. The van der Waals surface area contributed by atoms with Gasteiger partial charge in [0.15, 0.2) is 5.16 Å². The molecule has 1 saturated heterocycles. The number of nitrogens with one attached hydrogen (secondary N) is 3. The number of aromatic nitrogens is 3. The summed E-state index contributed by atoms with van der Waals surface area (Å²) in [4.78, 5) is 35.8. The first-order chi connectivity index (χ1) is 15.5. The standard InChI is InChI=1S/C21H19ClN6O3S/c22-13-5-4-6-14(9-13)23-19(30)12-32-21-27-26-17(28(21)16-7-2-1-3-8-16)10-15-11-18(29)25-20(31)24-15/h1-9,15H,10-12H2,(H,23,30)(H2,24,25,29,31). The number of amides is 4. The summed E-state index contributed by atoms with van der Waals surface area (Å²) in [5, 5.41) is 17.3. The second-order valence-corrected chi connectivity index (χ2v) is 8.42. The smallest absolute Gasteiger partial charge is 0.321 e. The van der Waals surface area contributed by atoms with Gasteiger partial charge in [-0.15, -0.1) is 10.2 Å². The number of rotatable bonds is 7. The third-order valence-corrected chi connectivity index (χ3v) is 5.77. The van der Waals surface area contributed by atoms with E-state index in [4.69, 9.17) is 11.6 Å². The minimum Gasteiger partial charge on any atom is -0.334 e. The highest BCUT2D eigenvalue weighted by Crippen LogP contribution is 2.24. The molecule has 0 aliphatic carbocycles. The van der Waals surface area contributed by atoms with Gasteiger partial charge in [-0.3, -0.25) is 19.5 Å². The van der Waals surface area contributed by atoms with E-state index in [0.717, 1.165) is 5.69 Å². The molecule has 0 saturated carbocycles. The first-order valence-electron chi connectivity index (χ1n) is 9.76. The summed E-state index contributed by atoms with van der Waals surface area (Å²) < 4.78 is 1.83. The van der Waals surface area contributed by atoms with Gasteiger partial charge in [0.25, 0.3) is 0 Å². The largest absolute Gasteiger partial charge is 0.334 e. The van der Waals surface area contributed by atoms with Crippen LogP contribution in [-0.4, -0.2) is 44.4 Å². The van der Waals surface area contributed by atoms with Crippen molar-refractivity contribution in [1.29, 1.82) is 0 Å². The summed E-state index contributed by atoms with van der Waals surface area (Å²) in [7, 11) is 0. The third kappa shape index (κ3) is 5.45. The van der Waals surface area contributed by atoms with Crippen LogP contribution < -0.4 is 16.0 Å². The number of para-hydroxylation sites is 1. The van der Waals surface area contributed by atoms with Crippen molar-refractivity contribution >= 4 is 46.9 Å². The maximum atomic E-state index is 12.4. The van der Waals surface area contributed by atoms with E-state index in [1.165, 1.54) is 11.8 Å². The molecule has 2 aromatic carbocycles. The second-order valence-electron chi connectivity index (χ2n) is 7.04. The van der Waals surface area contributed by atoms with Gasteiger partial charge in [-0.2, -0.15) is 0 Å². The van der Waals surface area contributed by atoms with Crippen molar-refractivity contribution in [2.24, 2.45) is 0 Å². The lowest BCUT2D eigenvalue weighted by atomic mass is 10.1. The molecule has 164 valence electrons. The Balaban J connectivity index is 1.51. The number of hydrogen-bond acceptors (Lipinski definition) is 6. The zero-order chi connectivity index (χ0) is 22.5. The Morgan fingerprint density at radius 1 is 1.16 bits per heavy atom. The van der Waals surface area contributed by atoms with E-state index in [1.54, 1.807) is 24.3 Å². The molecule has 4 rings (SSSR count). The molecule has 3 aromatic rings. The number of carbonyl (C=O) groups is 3. The number of thioether (sulfide) groups is 1. The fraction of sp³-hybridized carbons (Fsp3) is 0.190. The molecule has 4 amide bonds. The van der Waals surface area contributed by atoms with E-state index in [-0.39, 0.29) is 24.0 Å². The van der Waals surface area contributed by atoms with Crippen LogP contribution in [0.5, 0.6) is 0 Å². The van der Waals surface area contributed by atoms with Gasteiger partial charge in [-0.05, 0) is 30.3 Å². The molecule has 32 heavy (non-hydrogen) atoms. The van der Waals surface area contributed by atoms with E-state index in [9.17, 15) is 14.4 Å². The predicted molar refractivity (Wildman–Crippen MR) is 121 cm³/mol. The summed E-state index contributed by atoms with van der Waals surface area (Å²) in [6, 6.07) is 15.5. The fourth-order valence-corrected chi connectivity index (χ4v) is 4.23. The van der Waals surface area contributed by atoms with Crippen molar-refractivity contribution in [1.82, 2.24) is 25.4 Å². The number of nitrogens with zero attached hydrogens (tertiary/aromatic N) is 3. The Hall–Kier alpha value is -3.37. The van der Waals surface area contributed by atoms with Crippen molar-refractivity contribution in [3.8, 4) is 5.69 Å². The zero-order valence-electron chi connectivity index (χ0n) is 16.7. The van der Waals surface area contributed by atoms with Crippen LogP contribution in [0, 0.1) is 0 Å². The highest BCUT2D eigenvalue weighted by atomic mass is 35.5. The topological polar surface area (TPSA) is 118 Å². The van der Waals surface area contributed by atoms with Crippen LogP contribution >= 0.6 is 23.4 Å². The highest BCUT2D eigenvalue weighted by Gasteiger charge is 2.27. The third-order valence-electron chi connectivity index (χ3n) is 4.60. The fourth-order valence-electron chi connectivity index (χ4n) is 3.27. The first kappa shape index (κ1) is 21.8. The van der Waals surface area contributed by atoms with Gasteiger partial charge in [0.2, 0.25) is 11.8 Å². The lowest BCUT2D eigenvalue weighted by Crippen LogP contribution is -2.53. The van der Waals surface area contributed by atoms with Gasteiger partial charge < -0.3 is 10.6 Å². The molecule has 9 nitrogen and oxygen atoms in total. The Morgan fingerprint density at radius 2 is 1.97 bits per heavy atom. The SMILES string of the molecule is O=C1CC(Cc2nnc(SCC(=O)Nc3cccc(Cl)c3)n2-c2ccccc2)NC(=O)N1. The number of halogens is 1. The van der Waals surface area contributed by atoms with E-state index < -0.39 is 12.1 Å². The molecule has 0 bridgehead atoms. The molecular formula is C21H19ClN6O3S. The molecule has 1 aliphatic heterocycles. The van der Waals surface area contributed by atoms with Crippen molar-refractivity contribution in [2.45, 2.75) is 24.0 Å². The maximum Gasteiger partial charge on any atom is 0.321 e. The van der Waals surface area contributed by atoms with E-state index >= 15 is 0 Å².